The topological polar surface area (TPSA) is 147 Å². The van der Waals surface area contributed by atoms with Gasteiger partial charge < -0.3 is 11.5 Å². The standard InChI is InChI=1S/C10H10FN5O3S/c11-6-3-5(20(14,18)19)1-2-8(6)16-4-7(12)9(15-16)10(13)17/h1-4H,12H2,(H2,13,17)(H2,14,18,19). The number of benzene rings is 1. The van der Waals surface area contributed by atoms with Gasteiger partial charge in [0.2, 0.25) is 10.0 Å². The van der Waals surface area contributed by atoms with Gasteiger partial charge in [0.15, 0.2) is 5.69 Å². The molecule has 0 fully saturated rings. The van der Waals surface area contributed by atoms with E-state index in [0.29, 0.717) is 0 Å². The largest absolute Gasteiger partial charge is 0.396 e. The highest BCUT2D eigenvalue weighted by atomic mass is 32.2. The minimum Gasteiger partial charge on any atom is -0.396 e. The smallest absolute Gasteiger partial charge is 0.271 e. The number of halogens is 1. The number of nitrogen functional groups attached to an aromatic ring is 1. The quantitative estimate of drug-likeness (QED) is 0.688. The zero-order chi connectivity index (χ0) is 15.1. The van der Waals surface area contributed by atoms with Gasteiger partial charge in [-0.1, -0.05) is 0 Å². The Labute approximate surface area is 113 Å². The zero-order valence-corrected chi connectivity index (χ0v) is 10.8. The molecule has 0 saturated heterocycles. The molecule has 1 heterocycles. The molecule has 6 N–H and O–H groups in total. The van der Waals surface area contributed by atoms with Crippen LogP contribution in [0, 0.1) is 5.82 Å². The van der Waals surface area contributed by atoms with E-state index in [9.17, 15) is 17.6 Å². The molecule has 0 atom stereocenters. The van der Waals surface area contributed by atoms with Crippen LogP contribution in [0.5, 0.6) is 0 Å². The fraction of sp³-hybridized carbons (Fsp3) is 0. The molecule has 2 rings (SSSR count). The van der Waals surface area contributed by atoms with E-state index in [-0.39, 0.29) is 22.0 Å². The number of amides is 1. The second-order valence-corrected chi connectivity index (χ2v) is 5.46. The van der Waals surface area contributed by atoms with Crippen molar-refractivity contribution in [1.29, 1.82) is 0 Å². The van der Waals surface area contributed by atoms with Crippen LogP contribution in [-0.4, -0.2) is 24.1 Å². The van der Waals surface area contributed by atoms with Crippen molar-refractivity contribution < 1.29 is 17.6 Å². The van der Waals surface area contributed by atoms with Crippen molar-refractivity contribution in [2.75, 3.05) is 5.73 Å². The second-order valence-electron chi connectivity index (χ2n) is 3.90. The van der Waals surface area contributed by atoms with Gasteiger partial charge in [0, 0.05) is 0 Å². The number of sulfonamides is 1. The molecule has 1 aromatic heterocycles. The molecule has 10 heteroatoms. The number of rotatable bonds is 3. The molecular formula is C10H10FN5O3S. The van der Waals surface area contributed by atoms with E-state index in [0.717, 1.165) is 22.9 Å². The van der Waals surface area contributed by atoms with Crippen LogP contribution in [0.3, 0.4) is 0 Å². The molecular weight excluding hydrogens is 289 g/mol. The summed E-state index contributed by atoms with van der Waals surface area (Å²) in [7, 11) is -4.01. The Morgan fingerprint density at radius 3 is 2.45 bits per heavy atom. The van der Waals surface area contributed by atoms with Gasteiger partial charge in [0.25, 0.3) is 5.91 Å². The lowest BCUT2D eigenvalue weighted by atomic mass is 10.3. The first-order chi connectivity index (χ1) is 9.20. The number of anilines is 1. The number of nitrogens with zero attached hydrogens (tertiary/aromatic N) is 2. The maximum absolute atomic E-state index is 13.9. The summed E-state index contributed by atoms with van der Waals surface area (Å²) in [5.41, 5.74) is 10.2. The molecule has 0 unspecified atom stereocenters. The fourth-order valence-corrected chi connectivity index (χ4v) is 2.08. The molecule has 0 saturated carbocycles. The monoisotopic (exact) mass is 299 g/mol. The van der Waals surface area contributed by atoms with E-state index in [4.69, 9.17) is 16.6 Å². The molecule has 8 nitrogen and oxygen atoms in total. The molecule has 0 spiro atoms. The van der Waals surface area contributed by atoms with E-state index in [2.05, 4.69) is 5.10 Å². The van der Waals surface area contributed by atoms with Crippen molar-refractivity contribution >= 4 is 21.6 Å². The molecule has 1 aromatic carbocycles. The molecule has 0 radical (unpaired) electrons. The van der Waals surface area contributed by atoms with Gasteiger partial charge >= 0.3 is 0 Å². The zero-order valence-electron chi connectivity index (χ0n) is 9.95. The summed E-state index contributed by atoms with van der Waals surface area (Å²) in [4.78, 5) is 10.6. The van der Waals surface area contributed by atoms with Crippen LogP contribution in [-0.2, 0) is 10.0 Å². The highest BCUT2D eigenvalue weighted by Crippen LogP contribution is 2.19. The van der Waals surface area contributed by atoms with Gasteiger partial charge in [-0.15, -0.1) is 0 Å². The Morgan fingerprint density at radius 2 is 2.00 bits per heavy atom. The molecule has 1 amide bonds. The Bertz CT molecular complexity index is 799. The number of aromatic nitrogens is 2. The number of primary sulfonamides is 1. The number of nitrogens with two attached hydrogens (primary N) is 3. The van der Waals surface area contributed by atoms with Gasteiger partial charge in [-0.3, -0.25) is 4.79 Å². The Hall–Kier alpha value is -2.46. The lowest BCUT2D eigenvalue weighted by molar-refractivity contribution is 0.0996. The Balaban J connectivity index is 2.54. The number of hydrogen-bond acceptors (Lipinski definition) is 5. The van der Waals surface area contributed by atoms with Crippen molar-refractivity contribution in [3.05, 3.63) is 35.9 Å². The van der Waals surface area contributed by atoms with E-state index >= 15 is 0 Å². The first-order valence-electron chi connectivity index (χ1n) is 5.18. The van der Waals surface area contributed by atoms with Crippen molar-refractivity contribution in [3.63, 3.8) is 0 Å². The third kappa shape index (κ3) is 2.46. The molecule has 0 aliphatic heterocycles. The van der Waals surface area contributed by atoms with E-state index in [1.807, 2.05) is 0 Å². The van der Waals surface area contributed by atoms with Gasteiger partial charge in [0.1, 0.15) is 11.5 Å². The minimum atomic E-state index is -4.01. The lowest BCUT2D eigenvalue weighted by Crippen LogP contribution is -2.14. The third-order valence-electron chi connectivity index (χ3n) is 2.47. The van der Waals surface area contributed by atoms with Crippen molar-refractivity contribution in [3.8, 4) is 5.69 Å². The normalized spacial score (nSPS) is 11.5. The SMILES string of the molecule is NC(=O)c1nn(-c2ccc(S(N)(=O)=O)cc2F)cc1N. The summed E-state index contributed by atoms with van der Waals surface area (Å²) in [5, 5.41) is 8.61. The van der Waals surface area contributed by atoms with E-state index in [1.165, 1.54) is 6.20 Å². The highest BCUT2D eigenvalue weighted by molar-refractivity contribution is 7.89. The number of carbonyl (C=O) groups excluding carboxylic acids is 1. The minimum absolute atomic E-state index is 0.0209. The molecule has 0 aliphatic carbocycles. The van der Waals surface area contributed by atoms with E-state index in [1.54, 1.807) is 0 Å². The van der Waals surface area contributed by atoms with Gasteiger partial charge in [0.05, 0.1) is 16.8 Å². The lowest BCUT2D eigenvalue weighted by Gasteiger charge is -2.04. The molecule has 20 heavy (non-hydrogen) atoms. The average molecular weight is 299 g/mol. The van der Waals surface area contributed by atoms with E-state index < -0.39 is 21.7 Å². The Morgan fingerprint density at radius 1 is 1.35 bits per heavy atom. The fourth-order valence-electron chi connectivity index (χ4n) is 1.55. The van der Waals surface area contributed by atoms with Crippen LogP contribution >= 0.6 is 0 Å². The second kappa shape index (κ2) is 4.58. The van der Waals surface area contributed by atoms with Crippen LogP contribution in [0.1, 0.15) is 10.5 Å². The molecule has 106 valence electrons. The third-order valence-corrected chi connectivity index (χ3v) is 3.38. The summed E-state index contributed by atoms with van der Waals surface area (Å²) < 4.78 is 37.0. The van der Waals surface area contributed by atoms with Crippen LogP contribution < -0.4 is 16.6 Å². The highest BCUT2D eigenvalue weighted by Gasteiger charge is 2.16. The number of primary amides is 1. The summed E-state index contributed by atoms with van der Waals surface area (Å²) in [5.74, 6) is -1.75. The summed E-state index contributed by atoms with van der Waals surface area (Å²) in [6.07, 6.45) is 1.19. The number of carbonyl (C=O) groups is 1. The van der Waals surface area contributed by atoms with Crippen LogP contribution in [0.2, 0.25) is 0 Å². The van der Waals surface area contributed by atoms with Gasteiger partial charge in [-0.2, -0.15) is 5.10 Å². The van der Waals surface area contributed by atoms with Crippen LogP contribution in [0.15, 0.2) is 29.3 Å². The molecule has 2 aromatic rings. The van der Waals surface area contributed by atoms with Crippen molar-refractivity contribution in [2.24, 2.45) is 10.9 Å². The summed E-state index contributed by atoms with van der Waals surface area (Å²) >= 11 is 0. The average Bonchev–Trinajstić information content (AvgIpc) is 2.69. The molecule has 0 bridgehead atoms. The van der Waals surface area contributed by atoms with Gasteiger partial charge in [-0.25, -0.2) is 22.6 Å². The Kier molecular flexibility index (Phi) is 3.19. The van der Waals surface area contributed by atoms with Crippen LogP contribution in [0.4, 0.5) is 10.1 Å². The summed E-state index contributed by atoms with van der Waals surface area (Å²) in [6.45, 7) is 0. The maximum atomic E-state index is 13.9. The van der Waals surface area contributed by atoms with Gasteiger partial charge in [-0.05, 0) is 18.2 Å². The summed E-state index contributed by atoms with van der Waals surface area (Å²) in [6, 6.07) is 2.99. The maximum Gasteiger partial charge on any atom is 0.271 e. The first kappa shape index (κ1) is 14.0. The van der Waals surface area contributed by atoms with Crippen molar-refractivity contribution in [1.82, 2.24) is 9.78 Å². The van der Waals surface area contributed by atoms with Crippen LogP contribution in [0.25, 0.3) is 5.69 Å². The number of hydrogen-bond donors (Lipinski definition) is 3. The first-order valence-corrected chi connectivity index (χ1v) is 6.72. The molecule has 0 aliphatic rings. The predicted octanol–water partition coefficient (Wildman–Crippen LogP) is -0.660. The predicted molar refractivity (Wildman–Crippen MR) is 67.8 cm³/mol. The van der Waals surface area contributed by atoms with Crippen molar-refractivity contribution in [2.45, 2.75) is 4.90 Å².